The molecule has 2 aromatic carbocycles. The Balaban J connectivity index is 1.71. The summed E-state index contributed by atoms with van der Waals surface area (Å²) in [6.45, 7) is 7.04. The molecule has 1 atom stereocenters. The van der Waals surface area contributed by atoms with Gasteiger partial charge in [-0.1, -0.05) is 29.8 Å². The van der Waals surface area contributed by atoms with Gasteiger partial charge in [-0.15, -0.1) is 0 Å². The third-order valence-electron chi connectivity index (χ3n) is 5.10. The highest BCUT2D eigenvalue weighted by atomic mass is 35.5. The predicted octanol–water partition coefficient (Wildman–Crippen LogP) is 3.46. The van der Waals surface area contributed by atoms with Gasteiger partial charge >= 0.3 is 0 Å². The number of carbonyl (C=O) groups excluding carboxylic acids is 1. The summed E-state index contributed by atoms with van der Waals surface area (Å²) < 4.78 is 5.50. The number of rotatable bonds is 7. The first kappa shape index (κ1) is 20.6. The summed E-state index contributed by atoms with van der Waals surface area (Å²) in [5.74, 6) is 0.623. The summed E-state index contributed by atoms with van der Waals surface area (Å²) >= 11 is 6.07. The maximum absolute atomic E-state index is 12.7. The van der Waals surface area contributed by atoms with Crippen LogP contribution < -0.4 is 10.1 Å². The van der Waals surface area contributed by atoms with Crippen LogP contribution in [0, 0.1) is 0 Å². The van der Waals surface area contributed by atoms with Gasteiger partial charge in [0.1, 0.15) is 5.75 Å². The Kier molecular flexibility index (Phi) is 7.31. The number of likely N-dealkylation sites (N-methyl/N-ethyl adjacent to an activating group) is 1. The molecule has 1 fully saturated rings. The fraction of sp³-hybridized carbons (Fsp3) is 0.409. The van der Waals surface area contributed by atoms with Gasteiger partial charge in [0.05, 0.1) is 12.6 Å². The average molecular weight is 402 g/mol. The normalized spacial score (nSPS) is 16.5. The zero-order chi connectivity index (χ0) is 19.9. The molecule has 1 heterocycles. The van der Waals surface area contributed by atoms with E-state index >= 15 is 0 Å². The molecule has 0 spiro atoms. The summed E-state index contributed by atoms with van der Waals surface area (Å²) in [5.41, 5.74) is 1.77. The molecule has 6 heteroatoms. The van der Waals surface area contributed by atoms with Crippen LogP contribution in [-0.2, 0) is 0 Å². The summed E-state index contributed by atoms with van der Waals surface area (Å²) in [4.78, 5) is 17.5. The van der Waals surface area contributed by atoms with E-state index in [1.54, 1.807) is 6.07 Å². The first-order chi connectivity index (χ1) is 13.6. The van der Waals surface area contributed by atoms with Gasteiger partial charge < -0.3 is 15.0 Å². The van der Waals surface area contributed by atoms with Crippen LogP contribution in [-0.4, -0.2) is 62.1 Å². The molecule has 1 saturated heterocycles. The molecule has 28 heavy (non-hydrogen) atoms. The highest BCUT2D eigenvalue weighted by molar-refractivity contribution is 6.30. The van der Waals surface area contributed by atoms with Gasteiger partial charge in [-0.3, -0.25) is 9.69 Å². The first-order valence-electron chi connectivity index (χ1n) is 9.76. The Morgan fingerprint density at radius 1 is 1.14 bits per heavy atom. The molecule has 1 N–H and O–H groups in total. The smallest absolute Gasteiger partial charge is 0.251 e. The van der Waals surface area contributed by atoms with Gasteiger partial charge in [-0.25, -0.2) is 0 Å². The lowest BCUT2D eigenvalue weighted by atomic mass is 10.0. The van der Waals surface area contributed by atoms with Crippen LogP contribution in [0.3, 0.4) is 0 Å². The van der Waals surface area contributed by atoms with Gasteiger partial charge in [0.25, 0.3) is 5.91 Å². The van der Waals surface area contributed by atoms with Crippen molar-refractivity contribution < 1.29 is 9.53 Å². The number of nitrogens with zero attached hydrogens (tertiary/aromatic N) is 2. The van der Waals surface area contributed by atoms with Crippen LogP contribution in [0.2, 0.25) is 5.02 Å². The summed E-state index contributed by atoms with van der Waals surface area (Å²) in [6, 6.07) is 15.3. The number of hydrogen-bond acceptors (Lipinski definition) is 4. The van der Waals surface area contributed by atoms with Crippen molar-refractivity contribution in [2.24, 2.45) is 0 Å². The van der Waals surface area contributed by atoms with E-state index in [0.29, 0.717) is 24.5 Å². The highest BCUT2D eigenvalue weighted by Crippen LogP contribution is 2.23. The van der Waals surface area contributed by atoms with E-state index in [4.69, 9.17) is 16.3 Å². The molecule has 3 rings (SSSR count). The summed E-state index contributed by atoms with van der Waals surface area (Å²) in [6.07, 6.45) is 0. The zero-order valence-corrected chi connectivity index (χ0v) is 17.3. The van der Waals surface area contributed by atoms with Crippen LogP contribution >= 0.6 is 11.6 Å². The Morgan fingerprint density at radius 3 is 2.54 bits per heavy atom. The van der Waals surface area contributed by atoms with Crippen LogP contribution in [0.25, 0.3) is 0 Å². The maximum Gasteiger partial charge on any atom is 0.251 e. The zero-order valence-electron chi connectivity index (χ0n) is 16.5. The molecule has 1 aliphatic heterocycles. The maximum atomic E-state index is 12.7. The summed E-state index contributed by atoms with van der Waals surface area (Å²) in [5, 5.41) is 3.83. The van der Waals surface area contributed by atoms with Gasteiger partial charge in [-0.05, 0) is 49.9 Å². The molecule has 1 amide bonds. The second-order valence-electron chi connectivity index (χ2n) is 7.08. The molecule has 0 radical (unpaired) electrons. The molecule has 1 unspecified atom stereocenters. The molecule has 0 aliphatic carbocycles. The van der Waals surface area contributed by atoms with Crippen molar-refractivity contribution >= 4 is 17.5 Å². The Morgan fingerprint density at radius 2 is 1.86 bits per heavy atom. The third-order valence-corrected chi connectivity index (χ3v) is 5.35. The van der Waals surface area contributed by atoms with Crippen molar-refractivity contribution in [3.63, 3.8) is 0 Å². The van der Waals surface area contributed by atoms with Gasteiger partial charge in [0.2, 0.25) is 0 Å². The summed E-state index contributed by atoms with van der Waals surface area (Å²) in [7, 11) is 2.14. The van der Waals surface area contributed by atoms with Crippen molar-refractivity contribution in [1.29, 1.82) is 0 Å². The molecule has 0 bridgehead atoms. The molecule has 5 nitrogen and oxygen atoms in total. The lowest BCUT2D eigenvalue weighted by Crippen LogP contribution is -2.48. The van der Waals surface area contributed by atoms with Crippen LogP contribution in [0.15, 0.2) is 48.5 Å². The minimum atomic E-state index is -0.0883. The van der Waals surface area contributed by atoms with Crippen molar-refractivity contribution in [3.8, 4) is 5.75 Å². The molecule has 2 aromatic rings. The lowest BCUT2D eigenvalue weighted by Gasteiger charge is -2.38. The lowest BCUT2D eigenvalue weighted by molar-refractivity contribution is 0.0886. The van der Waals surface area contributed by atoms with Gasteiger partial charge in [0.15, 0.2) is 0 Å². The number of carbonyl (C=O) groups is 1. The van der Waals surface area contributed by atoms with Crippen molar-refractivity contribution in [2.75, 3.05) is 46.4 Å². The van der Waals surface area contributed by atoms with E-state index < -0.39 is 0 Å². The van der Waals surface area contributed by atoms with Crippen LogP contribution in [0.1, 0.15) is 28.9 Å². The molecule has 1 aliphatic rings. The van der Waals surface area contributed by atoms with E-state index in [-0.39, 0.29) is 11.9 Å². The molecule has 150 valence electrons. The standard InChI is InChI=1S/C22H28ClN3O2/c1-3-28-20-6-4-5-18(15-20)22(27)24-16-21(17-7-9-19(23)10-8-17)26-13-11-25(2)12-14-26/h4-10,15,21H,3,11-14,16H2,1-2H3,(H,24,27). The Labute approximate surface area is 172 Å². The van der Waals surface area contributed by atoms with E-state index in [1.165, 1.54) is 0 Å². The number of piperazine rings is 1. The topological polar surface area (TPSA) is 44.8 Å². The van der Waals surface area contributed by atoms with E-state index in [9.17, 15) is 4.79 Å². The monoisotopic (exact) mass is 401 g/mol. The largest absolute Gasteiger partial charge is 0.494 e. The second kappa shape index (κ2) is 9.92. The number of nitrogens with one attached hydrogen (secondary N) is 1. The van der Waals surface area contributed by atoms with E-state index in [2.05, 4.69) is 22.2 Å². The Bertz CT molecular complexity index is 774. The number of benzene rings is 2. The number of amides is 1. The van der Waals surface area contributed by atoms with Crippen molar-refractivity contribution in [3.05, 3.63) is 64.7 Å². The molecule has 0 aromatic heterocycles. The SMILES string of the molecule is CCOc1cccc(C(=O)NCC(c2ccc(Cl)cc2)N2CCN(C)CC2)c1. The number of hydrogen-bond donors (Lipinski definition) is 1. The quantitative estimate of drug-likeness (QED) is 0.771. The number of ether oxygens (including phenoxy) is 1. The molecule has 0 saturated carbocycles. The van der Waals surface area contributed by atoms with Crippen LogP contribution in [0.5, 0.6) is 5.75 Å². The van der Waals surface area contributed by atoms with Gasteiger partial charge in [-0.2, -0.15) is 0 Å². The number of halogens is 1. The fourth-order valence-electron chi connectivity index (χ4n) is 3.46. The van der Waals surface area contributed by atoms with Gasteiger partial charge in [0, 0.05) is 43.3 Å². The molecular formula is C22H28ClN3O2. The van der Waals surface area contributed by atoms with Crippen molar-refractivity contribution in [2.45, 2.75) is 13.0 Å². The minimum Gasteiger partial charge on any atom is -0.494 e. The molecular weight excluding hydrogens is 374 g/mol. The van der Waals surface area contributed by atoms with E-state index in [0.717, 1.165) is 36.8 Å². The highest BCUT2D eigenvalue weighted by Gasteiger charge is 2.24. The van der Waals surface area contributed by atoms with Crippen LogP contribution in [0.4, 0.5) is 0 Å². The first-order valence-corrected chi connectivity index (χ1v) is 10.1. The third kappa shape index (κ3) is 5.47. The van der Waals surface area contributed by atoms with Crippen molar-refractivity contribution in [1.82, 2.24) is 15.1 Å². The fourth-order valence-corrected chi connectivity index (χ4v) is 3.59. The average Bonchev–Trinajstić information content (AvgIpc) is 2.71. The van der Waals surface area contributed by atoms with E-state index in [1.807, 2.05) is 49.4 Å². The minimum absolute atomic E-state index is 0.0883. The Hall–Kier alpha value is -2.08. The predicted molar refractivity (Wildman–Crippen MR) is 113 cm³/mol. The second-order valence-corrected chi connectivity index (χ2v) is 7.51.